The highest BCUT2D eigenvalue weighted by atomic mass is 127. The first kappa shape index (κ1) is 12.7. The molecule has 1 fully saturated rings. The monoisotopic (exact) mass is 334 g/mol. The second-order valence-corrected chi connectivity index (χ2v) is 6.55. The summed E-state index contributed by atoms with van der Waals surface area (Å²) < 4.78 is 32.8. The molecule has 1 heterocycles. The van der Waals surface area contributed by atoms with Crippen molar-refractivity contribution in [2.75, 3.05) is 4.43 Å². The summed E-state index contributed by atoms with van der Waals surface area (Å²) in [7, 11) is -3.78. The average Bonchev–Trinajstić information content (AvgIpc) is 1.99. The van der Waals surface area contributed by atoms with Crippen LogP contribution in [0, 0.1) is 5.41 Å². The largest absolute Gasteiger partial charge is 0.400 e. The van der Waals surface area contributed by atoms with Gasteiger partial charge in [-0.1, -0.05) is 43.4 Å². The molecule has 84 valence electrons. The maximum absolute atomic E-state index is 11.2. The Morgan fingerprint density at radius 3 is 2.36 bits per heavy atom. The van der Waals surface area contributed by atoms with E-state index in [4.69, 9.17) is 8.37 Å². The van der Waals surface area contributed by atoms with Crippen LogP contribution in [0.4, 0.5) is 0 Å². The molecule has 0 saturated carbocycles. The maximum atomic E-state index is 11.2. The highest BCUT2D eigenvalue weighted by Gasteiger charge is 2.39. The lowest BCUT2D eigenvalue weighted by molar-refractivity contribution is -0.00384. The summed E-state index contributed by atoms with van der Waals surface area (Å²) in [5.74, 6) is 0. The predicted molar refractivity (Wildman–Crippen MR) is 61.6 cm³/mol. The smallest absolute Gasteiger partial charge is 0.244 e. The van der Waals surface area contributed by atoms with Gasteiger partial charge in [0.15, 0.2) is 0 Å². The van der Waals surface area contributed by atoms with Crippen LogP contribution in [0.25, 0.3) is 0 Å². The minimum Gasteiger partial charge on any atom is -0.244 e. The molecule has 0 N–H and O–H groups in total. The van der Waals surface area contributed by atoms with Crippen LogP contribution in [0.3, 0.4) is 0 Å². The second-order valence-electron chi connectivity index (χ2n) is 4.47. The van der Waals surface area contributed by atoms with E-state index in [0.717, 1.165) is 0 Å². The van der Waals surface area contributed by atoms with E-state index in [1.807, 2.05) is 20.8 Å². The van der Waals surface area contributed by atoms with Crippen molar-refractivity contribution in [3.63, 3.8) is 0 Å². The molecule has 0 aromatic carbocycles. The third-order valence-electron chi connectivity index (χ3n) is 2.10. The van der Waals surface area contributed by atoms with Crippen molar-refractivity contribution in [2.45, 2.75) is 39.4 Å². The molecule has 0 bridgehead atoms. The minimum atomic E-state index is -3.78. The first-order valence-electron chi connectivity index (χ1n) is 4.42. The molecule has 1 aliphatic rings. The van der Waals surface area contributed by atoms with Gasteiger partial charge in [0.2, 0.25) is 0 Å². The highest BCUT2D eigenvalue weighted by molar-refractivity contribution is 14.1. The maximum Gasteiger partial charge on any atom is 0.400 e. The van der Waals surface area contributed by atoms with Crippen LogP contribution in [0.5, 0.6) is 0 Å². The summed E-state index contributed by atoms with van der Waals surface area (Å²) in [4.78, 5) is 0. The molecule has 4 nitrogen and oxygen atoms in total. The van der Waals surface area contributed by atoms with Crippen LogP contribution in [-0.4, -0.2) is 25.1 Å². The molecule has 0 aliphatic carbocycles. The summed E-state index contributed by atoms with van der Waals surface area (Å²) in [6.07, 6.45) is 0.0886. The lowest BCUT2D eigenvalue weighted by atomic mass is 9.86. The lowest BCUT2D eigenvalue weighted by Gasteiger charge is -2.35. The van der Waals surface area contributed by atoms with Gasteiger partial charge >= 0.3 is 10.4 Å². The standard InChI is InChI=1S/C8H15IO4S/c1-8(2,3)7-4-6(5-9)12-14(10,11)13-7/h6-7H,4-5H2,1-3H3/t6-,7+/m0/s1. The van der Waals surface area contributed by atoms with E-state index in [2.05, 4.69) is 22.6 Å². The molecular formula is C8H15IO4S. The van der Waals surface area contributed by atoms with Crippen LogP contribution in [0.1, 0.15) is 27.2 Å². The minimum absolute atomic E-state index is 0.180. The Bertz CT molecular complexity index is 293. The lowest BCUT2D eigenvalue weighted by Crippen LogP contribution is -2.42. The van der Waals surface area contributed by atoms with E-state index in [9.17, 15) is 8.42 Å². The number of alkyl halides is 1. The van der Waals surface area contributed by atoms with Crippen LogP contribution in [-0.2, 0) is 18.8 Å². The average molecular weight is 334 g/mol. The summed E-state index contributed by atoms with van der Waals surface area (Å²) in [5.41, 5.74) is -0.180. The van der Waals surface area contributed by atoms with E-state index in [1.165, 1.54) is 0 Å². The van der Waals surface area contributed by atoms with E-state index >= 15 is 0 Å². The molecule has 1 rings (SSSR count). The van der Waals surface area contributed by atoms with Gasteiger partial charge in [-0.05, 0) is 5.41 Å². The molecule has 0 aromatic heterocycles. The number of halogens is 1. The van der Waals surface area contributed by atoms with Crippen LogP contribution in [0.2, 0.25) is 0 Å². The summed E-state index contributed by atoms with van der Waals surface area (Å²) >= 11 is 2.12. The molecule has 1 aliphatic heterocycles. The highest BCUT2D eigenvalue weighted by Crippen LogP contribution is 2.32. The topological polar surface area (TPSA) is 52.6 Å². The van der Waals surface area contributed by atoms with Crippen molar-refractivity contribution in [3.05, 3.63) is 0 Å². The molecule has 14 heavy (non-hydrogen) atoms. The molecular weight excluding hydrogens is 319 g/mol. The summed E-state index contributed by atoms with van der Waals surface area (Å²) in [6, 6.07) is 0. The first-order chi connectivity index (χ1) is 6.24. The molecule has 0 spiro atoms. The molecule has 6 heteroatoms. The number of hydrogen-bond acceptors (Lipinski definition) is 4. The van der Waals surface area contributed by atoms with Gasteiger partial charge in [0, 0.05) is 10.8 Å². The van der Waals surface area contributed by atoms with Crippen molar-refractivity contribution in [1.29, 1.82) is 0 Å². The van der Waals surface area contributed by atoms with Crippen LogP contribution >= 0.6 is 22.6 Å². The predicted octanol–water partition coefficient (Wildman–Crippen LogP) is 1.89. The van der Waals surface area contributed by atoms with E-state index in [0.29, 0.717) is 10.8 Å². The second kappa shape index (κ2) is 4.23. The number of hydrogen-bond donors (Lipinski definition) is 0. The van der Waals surface area contributed by atoms with Gasteiger partial charge in [0.1, 0.15) is 0 Å². The molecule has 0 radical (unpaired) electrons. The van der Waals surface area contributed by atoms with E-state index in [1.54, 1.807) is 0 Å². The fourth-order valence-electron chi connectivity index (χ4n) is 1.24. The fourth-order valence-corrected chi connectivity index (χ4v) is 3.20. The van der Waals surface area contributed by atoms with Crippen molar-refractivity contribution in [3.8, 4) is 0 Å². The zero-order chi connectivity index (χ0) is 11.0. The SMILES string of the molecule is CC(C)(C)[C@H]1C[C@@H](CI)OS(=O)(=O)O1. The van der Waals surface area contributed by atoms with Gasteiger partial charge in [-0.15, -0.1) is 0 Å². The van der Waals surface area contributed by atoms with Gasteiger partial charge in [-0.2, -0.15) is 8.42 Å². The van der Waals surface area contributed by atoms with Crippen LogP contribution < -0.4 is 0 Å². The summed E-state index contributed by atoms with van der Waals surface area (Å²) in [6.45, 7) is 5.88. The van der Waals surface area contributed by atoms with Crippen molar-refractivity contribution < 1.29 is 16.8 Å². The number of rotatable bonds is 1. The Morgan fingerprint density at radius 2 is 1.93 bits per heavy atom. The summed E-state index contributed by atoms with van der Waals surface area (Å²) in [5, 5.41) is 0. The zero-order valence-electron chi connectivity index (χ0n) is 8.49. The van der Waals surface area contributed by atoms with Gasteiger partial charge in [0.25, 0.3) is 0 Å². The Labute approximate surface area is 98.8 Å². The Morgan fingerprint density at radius 1 is 1.36 bits per heavy atom. The van der Waals surface area contributed by atoms with Crippen molar-refractivity contribution in [1.82, 2.24) is 0 Å². The molecule has 0 unspecified atom stereocenters. The fraction of sp³-hybridized carbons (Fsp3) is 1.00. The van der Waals surface area contributed by atoms with E-state index < -0.39 is 10.4 Å². The van der Waals surface area contributed by atoms with E-state index in [-0.39, 0.29) is 17.6 Å². The Hall–Kier alpha value is 0.600. The molecule has 1 saturated heterocycles. The Kier molecular flexibility index (Phi) is 3.83. The molecule has 0 amide bonds. The van der Waals surface area contributed by atoms with Gasteiger partial charge < -0.3 is 0 Å². The van der Waals surface area contributed by atoms with Gasteiger partial charge in [0.05, 0.1) is 12.2 Å². The Balaban J connectivity index is 2.81. The molecule has 2 atom stereocenters. The molecule has 0 aromatic rings. The van der Waals surface area contributed by atoms with Crippen molar-refractivity contribution >= 4 is 33.0 Å². The third-order valence-corrected chi connectivity index (χ3v) is 4.06. The quantitative estimate of drug-likeness (QED) is 0.543. The van der Waals surface area contributed by atoms with Crippen molar-refractivity contribution in [2.24, 2.45) is 5.41 Å². The normalized spacial score (nSPS) is 32.9. The van der Waals surface area contributed by atoms with Crippen LogP contribution in [0.15, 0.2) is 0 Å². The zero-order valence-corrected chi connectivity index (χ0v) is 11.5. The van der Waals surface area contributed by atoms with Gasteiger partial charge in [-0.3, -0.25) is 0 Å². The third kappa shape index (κ3) is 3.32. The first-order valence-corrected chi connectivity index (χ1v) is 7.28. The van der Waals surface area contributed by atoms with Gasteiger partial charge in [-0.25, -0.2) is 8.37 Å².